The number of benzene rings is 1. The van der Waals surface area contributed by atoms with E-state index in [-0.39, 0.29) is 18.3 Å². The van der Waals surface area contributed by atoms with Crippen molar-refractivity contribution in [3.8, 4) is 5.69 Å². The van der Waals surface area contributed by atoms with Crippen molar-refractivity contribution in [2.75, 3.05) is 6.61 Å². The van der Waals surface area contributed by atoms with Crippen LogP contribution in [-0.4, -0.2) is 21.5 Å². The Morgan fingerprint density at radius 2 is 2.22 bits per heavy atom. The van der Waals surface area contributed by atoms with Gasteiger partial charge >= 0.3 is 0 Å². The van der Waals surface area contributed by atoms with Gasteiger partial charge in [-0.1, -0.05) is 12.1 Å². The van der Waals surface area contributed by atoms with Gasteiger partial charge in [-0.15, -0.1) is 0 Å². The second-order valence-electron chi connectivity index (χ2n) is 4.68. The van der Waals surface area contributed by atoms with Crippen LogP contribution in [0.15, 0.2) is 30.5 Å². The van der Waals surface area contributed by atoms with Gasteiger partial charge in [0.1, 0.15) is 11.5 Å². The Balaban J connectivity index is 2.10. The van der Waals surface area contributed by atoms with E-state index in [9.17, 15) is 9.50 Å². The maximum Gasteiger partial charge on any atom is 0.148 e. The molecule has 0 unspecified atom stereocenters. The number of para-hydroxylation sites is 1. The molecule has 1 atom stereocenters. The third kappa shape index (κ3) is 1.73. The van der Waals surface area contributed by atoms with Crippen molar-refractivity contribution in [2.24, 2.45) is 0 Å². The van der Waals surface area contributed by atoms with Crippen LogP contribution in [0.3, 0.4) is 0 Å². The van der Waals surface area contributed by atoms with Crippen LogP contribution >= 0.6 is 0 Å². The first-order valence-electron chi connectivity index (χ1n) is 6.24. The Labute approximate surface area is 105 Å². The second kappa shape index (κ2) is 4.53. The van der Waals surface area contributed by atoms with Crippen molar-refractivity contribution in [3.05, 3.63) is 47.5 Å². The van der Waals surface area contributed by atoms with Crippen LogP contribution < -0.4 is 0 Å². The lowest BCUT2D eigenvalue weighted by molar-refractivity contribution is 0.252. The van der Waals surface area contributed by atoms with Crippen molar-refractivity contribution in [2.45, 2.75) is 25.2 Å². The molecule has 2 aromatic rings. The molecule has 3 nitrogen and oxygen atoms in total. The summed E-state index contributed by atoms with van der Waals surface area (Å²) >= 11 is 0. The van der Waals surface area contributed by atoms with Crippen LogP contribution in [0.1, 0.15) is 30.0 Å². The lowest BCUT2D eigenvalue weighted by atomic mass is 9.87. The monoisotopic (exact) mass is 246 g/mol. The molecule has 1 aliphatic carbocycles. The number of aromatic nitrogens is 2. The third-order valence-corrected chi connectivity index (χ3v) is 3.61. The summed E-state index contributed by atoms with van der Waals surface area (Å²) in [7, 11) is 0. The standard InChI is InChI=1S/C14H15FN2O/c15-12-5-1-2-6-14(12)17-13-7-3-4-10(9-18)11(13)8-16-17/h1-2,5-6,8,10,18H,3-4,7,9H2/t10-/m0/s1. The average molecular weight is 246 g/mol. The van der Waals surface area contributed by atoms with Gasteiger partial charge in [0.2, 0.25) is 0 Å². The highest BCUT2D eigenvalue weighted by molar-refractivity contribution is 5.38. The number of aliphatic hydroxyl groups is 1. The van der Waals surface area contributed by atoms with Crippen LogP contribution in [0.2, 0.25) is 0 Å². The molecule has 1 N–H and O–H groups in total. The van der Waals surface area contributed by atoms with E-state index in [4.69, 9.17) is 0 Å². The molecule has 0 saturated carbocycles. The zero-order chi connectivity index (χ0) is 12.5. The van der Waals surface area contributed by atoms with Crippen LogP contribution in [0.25, 0.3) is 5.69 Å². The highest BCUT2D eigenvalue weighted by Gasteiger charge is 2.24. The molecule has 0 saturated heterocycles. The maximum absolute atomic E-state index is 13.8. The fourth-order valence-corrected chi connectivity index (χ4v) is 2.67. The van der Waals surface area contributed by atoms with Crippen molar-refractivity contribution in [3.63, 3.8) is 0 Å². The number of fused-ring (bicyclic) bond motifs is 1. The Morgan fingerprint density at radius 3 is 3.00 bits per heavy atom. The Hall–Kier alpha value is -1.68. The molecular weight excluding hydrogens is 231 g/mol. The predicted molar refractivity (Wildman–Crippen MR) is 66.3 cm³/mol. The average Bonchev–Trinajstić information content (AvgIpc) is 2.83. The first kappa shape index (κ1) is 11.4. The van der Waals surface area contributed by atoms with Gasteiger partial charge in [0, 0.05) is 11.6 Å². The van der Waals surface area contributed by atoms with Gasteiger partial charge in [-0.05, 0) is 37.0 Å². The third-order valence-electron chi connectivity index (χ3n) is 3.61. The van der Waals surface area contributed by atoms with E-state index in [1.807, 2.05) is 0 Å². The van der Waals surface area contributed by atoms with Gasteiger partial charge in [-0.25, -0.2) is 9.07 Å². The lowest BCUT2D eigenvalue weighted by Crippen LogP contribution is -2.14. The van der Waals surface area contributed by atoms with Crippen LogP contribution in [-0.2, 0) is 6.42 Å². The minimum Gasteiger partial charge on any atom is -0.396 e. The molecule has 1 aliphatic rings. The van der Waals surface area contributed by atoms with E-state index in [1.54, 1.807) is 29.1 Å². The smallest absolute Gasteiger partial charge is 0.148 e. The zero-order valence-electron chi connectivity index (χ0n) is 10.0. The number of aliphatic hydroxyl groups excluding tert-OH is 1. The Kier molecular flexibility index (Phi) is 2.88. The van der Waals surface area contributed by atoms with Crippen molar-refractivity contribution in [1.82, 2.24) is 9.78 Å². The minimum atomic E-state index is -0.269. The summed E-state index contributed by atoms with van der Waals surface area (Å²) < 4.78 is 15.5. The molecule has 94 valence electrons. The molecule has 1 heterocycles. The van der Waals surface area contributed by atoms with Gasteiger partial charge in [-0.3, -0.25) is 0 Å². The molecule has 0 fully saturated rings. The molecular formula is C14H15FN2O. The lowest BCUT2D eigenvalue weighted by Gasteiger charge is -2.21. The molecule has 1 aromatic carbocycles. The van der Waals surface area contributed by atoms with Crippen LogP contribution in [0.4, 0.5) is 4.39 Å². The van der Waals surface area contributed by atoms with Gasteiger partial charge in [0.05, 0.1) is 12.8 Å². The largest absolute Gasteiger partial charge is 0.396 e. The van der Waals surface area contributed by atoms with E-state index in [0.717, 1.165) is 30.5 Å². The quantitative estimate of drug-likeness (QED) is 0.883. The fraction of sp³-hybridized carbons (Fsp3) is 0.357. The summed E-state index contributed by atoms with van der Waals surface area (Å²) in [5.74, 6) is -0.121. The van der Waals surface area contributed by atoms with Crippen molar-refractivity contribution in [1.29, 1.82) is 0 Å². The van der Waals surface area contributed by atoms with E-state index in [2.05, 4.69) is 5.10 Å². The second-order valence-corrected chi connectivity index (χ2v) is 4.68. The summed E-state index contributed by atoms with van der Waals surface area (Å²) in [5, 5.41) is 13.7. The predicted octanol–water partition coefficient (Wildman–Crippen LogP) is 2.42. The summed E-state index contributed by atoms with van der Waals surface area (Å²) in [5.41, 5.74) is 2.58. The molecule has 3 rings (SSSR count). The molecule has 1 aromatic heterocycles. The molecule has 0 aliphatic heterocycles. The van der Waals surface area contributed by atoms with Crippen molar-refractivity contribution < 1.29 is 9.50 Å². The number of nitrogens with zero attached hydrogens (tertiary/aromatic N) is 2. The number of rotatable bonds is 2. The Bertz CT molecular complexity index is 565. The summed E-state index contributed by atoms with van der Waals surface area (Å²) in [6.07, 6.45) is 4.65. The van der Waals surface area contributed by atoms with Crippen molar-refractivity contribution >= 4 is 0 Å². The van der Waals surface area contributed by atoms with E-state index < -0.39 is 0 Å². The molecule has 0 radical (unpaired) electrons. The minimum absolute atomic E-state index is 0.135. The van der Waals surface area contributed by atoms with E-state index in [0.29, 0.717) is 5.69 Å². The highest BCUT2D eigenvalue weighted by atomic mass is 19.1. The van der Waals surface area contributed by atoms with Gasteiger partial charge in [0.15, 0.2) is 0 Å². The number of hydrogen-bond acceptors (Lipinski definition) is 2. The van der Waals surface area contributed by atoms with Gasteiger partial charge < -0.3 is 5.11 Å². The first-order chi connectivity index (χ1) is 8.81. The Morgan fingerprint density at radius 1 is 1.39 bits per heavy atom. The fourth-order valence-electron chi connectivity index (χ4n) is 2.67. The maximum atomic E-state index is 13.8. The molecule has 18 heavy (non-hydrogen) atoms. The van der Waals surface area contributed by atoms with E-state index >= 15 is 0 Å². The van der Waals surface area contributed by atoms with Gasteiger partial charge in [-0.2, -0.15) is 5.10 Å². The SMILES string of the molecule is OC[C@@H]1CCCc2c1cnn2-c1ccccc1F. The summed E-state index contributed by atoms with van der Waals surface area (Å²) in [4.78, 5) is 0. The zero-order valence-corrected chi connectivity index (χ0v) is 10.0. The van der Waals surface area contributed by atoms with Gasteiger partial charge in [0.25, 0.3) is 0 Å². The normalized spacial score (nSPS) is 18.7. The molecule has 0 bridgehead atoms. The highest BCUT2D eigenvalue weighted by Crippen LogP contribution is 2.32. The van der Waals surface area contributed by atoms with Crippen LogP contribution in [0, 0.1) is 5.82 Å². The summed E-state index contributed by atoms with van der Waals surface area (Å²) in [6, 6.07) is 6.64. The number of halogens is 1. The topological polar surface area (TPSA) is 38.1 Å². The van der Waals surface area contributed by atoms with E-state index in [1.165, 1.54) is 6.07 Å². The number of hydrogen-bond donors (Lipinski definition) is 1. The molecule has 4 heteroatoms. The molecule has 0 amide bonds. The van der Waals surface area contributed by atoms with Crippen LogP contribution in [0.5, 0.6) is 0 Å². The molecule has 0 spiro atoms. The summed E-state index contributed by atoms with van der Waals surface area (Å²) in [6.45, 7) is 0.135. The first-order valence-corrected chi connectivity index (χ1v) is 6.24.